The van der Waals surface area contributed by atoms with Crippen LogP contribution in [0.3, 0.4) is 0 Å². The molecule has 114 valence electrons. The molecule has 0 aliphatic carbocycles. The number of para-hydroxylation sites is 1. The van der Waals surface area contributed by atoms with Gasteiger partial charge in [-0.25, -0.2) is 0 Å². The molecule has 3 aromatic carbocycles. The predicted octanol–water partition coefficient (Wildman–Crippen LogP) is 5.21. The third-order valence-corrected chi connectivity index (χ3v) is 3.93. The average molecular weight is 301 g/mol. The second-order valence-electron chi connectivity index (χ2n) is 5.38. The Bertz CT molecular complexity index is 859. The van der Waals surface area contributed by atoms with E-state index in [0.717, 1.165) is 28.4 Å². The van der Waals surface area contributed by atoms with E-state index in [1.54, 1.807) is 12.3 Å². The van der Waals surface area contributed by atoms with E-state index < -0.39 is 0 Å². The Morgan fingerprint density at radius 3 is 2.57 bits per heavy atom. The first-order valence-electron chi connectivity index (χ1n) is 7.82. The van der Waals surface area contributed by atoms with Crippen LogP contribution in [-0.2, 0) is 6.42 Å². The van der Waals surface area contributed by atoms with Crippen molar-refractivity contribution in [2.24, 2.45) is 0 Å². The van der Waals surface area contributed by atoms with Crippen LogP contribution in [0.25, 0.3) is 10.8 Å². The summed E-state index contributed by atoms with van der Waals surface area (Å²) in [5.74, 6) is 0.00304. The number of hydrogen-bond donors (Lipinski definition) is 1. The zero-order valence-electron chi connectivity index (χ0n) is 13.1. The van der Waals surface area contributed by atoms with Crippen molar-refractivity contribution in [2.75, 3.05) is 5.32 Å². The van der Waals surface area contributed by atoms with Gasteiger partial charge in [0, 0.05) is 23.5 Å². The minimum atomic E-state index is 0.00304. The number of fused-ring (bicyclic) bond motifs is 1. The van der Waals surface area contributed by atoms with Crippen molar-refractivity contribution in [3.63, 3.8) is 0 Å². The number of aryl methyl sites for hydroxylation is 1. The summed E-state index contributed by atoms with van der Waals surface area (Å²) >= 11 is 0. The van der Waals surface area contributed by atoms with Gasteiger partial charge < -0.3 is 5.32 Å². The first kappa shape index (κ1) is 15.0. The second-order valence-corrected chi connectivity index (χ2v) is 5.38. The predicted molar refractivity (Wildman–Crippen MR) is 96.9 cm³/mol. The minimum Gasteiger partial charge on any atom is -0.361 e. The molecule has 0 unspecified atom stereocenters. The Labute approximate surface area is 136 Å². The largest absolute Gasteiger partial charge is 0.361 e. The van der Waals surface area contributed by atoms with Crippen molar-refractivity contribution >= 4 is 22.2 Å². The summed E-state index contributed by atoms with van der Waals surface area (Å²) in [6, 6.07) is 21.9. The number of ketones is 1. The number of nitrogens with one attached hydrogen (secondary N) is 1. The summed E-state index contributed by atoms with van der Waals surface area (Å²) in [6.07, 6.45) is 4.26. The van der Waals surface area contributed by atoms with Crippen molar-refractivity contribution < 1.29 is 4.79 Å². The molecule has 0 fully saturated rings. The van der Waals surface area contributed by atoms with Gasteiger partial charge in [0.05, 0.1) is 0 Å². The molecular formula is C21H19NO. The van der Waals surface area contributed by atoms with Crippen molar-refractivity contribution in [3.8, 4) is 0 Å². The van der Waals surface area contributed by atoms with Crippen molar-refractivity contribution in [2.45, 2.75) is 13.3 Å². The number of rotatable bonds is 5. The lowest BCUT2D eigenvalue weighted by Gasteiger charge is -2.07. The lowest BCUT2D eigenvalue weighted by molar-refractivity contribution is 0.104. The monoisotopic (exact) mass is 301 g/mol. The van der Waals surface area contributed by atoms with E-state index in [4.69, 9.17) is 0 Å². The van der Waals surface area contributed by atoms with Crippen LogP contribution in [0, 0.1) is 0 Å². The highest BCUT2D eigenvalue weighted by Gasteiger charge is 2.06. The van der Waals surface area contributed by atoms with Crippen molar-refractivity contribution in [1.82, 2.24) is 0 Å². The lowest BCUT2D eigenvalue weighted by Crippen LogP contribution is -1.98. The van der Waals surface area contributed by atoms with Crippen LogP contribution in [-0.4, -0.2) is 5.78 Å². The van der Waals surface area contributed by atoms with Gasteiger partial charge in [-0.3, -0.25) is 4.79 Å². The maximum atomic E-state index is 12.5. The Morgan fingerprint density at radius 2 is 1.70 bits per heavy atom. The van der Waals surface area contributed by atoms with Gasteiger partial charge in [-0.2, -0.15) is 0 Å². The molecule has 0 saturated carbocycles. The van der Waals surface area contributed by atoms with E-state index in [-0.39, 0.29) is 5.78 Å². The van der Waals surface area contributed by atoms with Gasteiger partial charge in [-0.15, -0.1) is 0 Å². The fraction of sp³-hybridized carbons (Fsp3) is 0.0952. The van der Waals surface area contributed by atoms with Crippen LogP contribution in [0.5, 0.6) is 0 Å². The number of benzene rings is 3. The van der Waals surface area contributed by atoms with Crippen molar-refractivity contribution in [1.29, 1.82) is 0 Å². The molecule has 0 amide bonds. The minimum absolute atomic E-state index is 0.00304. The van der Waals surface area contributed by atoms with Crippen LogP contribution in [0.4, 0.5) is 5.69 Å². The van der Waals surface area contributed by atoms with Gasteiger partial charge in [-0.05, 0) is 28.8 Å². The third kappa shape index (κ3) is 3.32. The molecule has 0 bridgehead atoms. The molecule has 0 atom stereocenters. The molecule has 3 aromatic rings. The summed E-state index contributed by atoms with van der Waals surface area (Å²) in [6.45, 7) is 2.12. The van der Waals surface area contributed by atoms with Crippen molar-refractivity contribution in [3.05, 3.63) is 90.1 Å². The topological polar surface area (TPSA) is 29.1 Å². The van der Waals surface area contributed by atoms with Crippen LogP contribution in [0.2, 0.25) is 0 Å². The fourth-order valence-corrected chi connectivity index (χ4v) is 2.71. The molecule has 0 radical (unpaired) electrons. The summed E-state index contributed by atoms with van der Waals surface area (Å²) in [4.78, 5) is 12.5. The molecular weight excluding hydrogens is 282 g/mol. The Kier molecular flexibility index (Phi) is 4.53. The fourth-order valence-electron chi connectivity index (χ4n) is 2.71. The second kappa shape index (κ2) is 6.93. The molecule has 0 aliphatic heterocycles. The Hall–Kier alpha value is -2.87. The van der Waals surface area contributed by atoms with Gasteiger partial charge in [0.1, 0.15) is 0 Å². The molecule has 0 spiro atoms. The van der Waals surface area contributed by atoms with E-state index in [0.29, 0.717) is 0 Å². The maximum absolute atomic E-state index is 12.5. The van der Waals surface area contributed by atoms with Crippen LogP contribution < -0.4 is 5.32 Å². The van der Waals surface area contributed by atoms with Gasteiger partial charge in [0.2, 0.25) is 0 Å². The molecule has 2 heteroatoms. The lowest BCUT2D eigenvalue weighted by atomic mass is 10.0. The first-order chi connectivity index (χ1) is 11.3. The third-order valence-electron chi connectivity index (χ3n) is 3.93. The number of anilines is 1. The number of carbonyl (C=O) groups excluding carboxylic acids is 1. The quantitative estimate of drug-likeness (QED) is 0.517. The molecule has 0 aromatic heterocycles. The molecule has 1 N–H and O–H groups in total. The summed E-state index contributed by atoms with van der Waals surface area (Å²) in [7, 11) is 0. The van der Waals surface area contributed by atoms with E-state index in [1.165, 1.54) is 5.56 Å². The van der Waals surface area contributed by atoms with E-state index in [1.807, 2.05) is 60.7 Å². The first-order valence-corrected chi connectivity index (χ1v) is 7.82. The number of carbonyl (C=O) groups is 1. The zero-order chi connectivity index (χ0) is 16.1. The average Bonchev–Trinajstić information content (AvgIpc) is 2.61. The molecule has 0 heterocycles. The Balaban J connectivity index is 1.81. The van der Waals surface area contributed by atoms with Gasteiger partial charge in [0.15, 0.2) is 5.78 Å². The Morgan fingerprint density at radius 1 is 0.957 bits per heavy atom. The summed E-state index contributed by atoms with van der Waals surface area (Å²) in [5, 5.41) is 5.28. The summed E-state index contributed by atoms with van der Waals surface area (Å²) < 4.78 is 0. The highest BCUT2D eigenvalue weighted by molar-refractivity contribution is 6.13. The van der Waals surface area contributed by atoms with Crippen LogP contribution in [0.15, 0.2) is 79.0 Å². The van der Waals surface area contributed by atoms with Gasteiger partial charge in [-0.1, -0.05) is 67.6 Å². The van der Waals surface area contributed by atoms with E-state index >= 15 is 0 Å². The van der Waals surface area contributed by atoms with Crippen LogP contribution in [0.1, 0.15) is 22.8 Å². The number of hydrogen-bond acceptors (Lipinski definition) is 2. The highest BCUT2D eigenvalue weighted by atomic mass is 16.1. The SMILES string of the molecule is CCc1ccccc1N/C=C/C(=O)c1cccc2ccccc12. The van der Waals surface area contributed by atoms with E-state index in [9.17, 15) is 4.79 Å². The van der Waals surface area contributed by atoms with Crippen LogP contribution >= 0.6 is 0 Å². The van der Waals surface area contributed by atoms with E-state index in [2.05, 4.69) is 18.3 Å². The normalized spacial score (nSPS) is 11.0. The van der Waals surface area contributed by atoms with Gasteiger partial charge in [0.25, 0.3) is 0 Å². The zero-order valence-corrected chi connectivity index (χ0v) is 13.1. The molecule has 0 saturated heterocycles. The smallest absolute Gasteiger partial charge is 0.187 e. The summed E-state index contributed by atoms with van der Waals surface area (Å²) in [5.41, 5.74) is 3.00. The van der Waals surface area contributed by atoms with Gasteiger partial charge >= 0.3 is 0 Å². The molecule has 0 aliphatic rings. The standard InChI is InChI=1S/C21H19NO/c1-2-16-8-4-6-13-20(16)22-15-14-21(23)19-12-7-10-17-9-3-5-11-18(17)19/h3-15,22H,2H2,1H3/b15-14+. The number of allylic oxidation sites excluding steroid dienone is 1. The highest BCUT2D eigenvalue weighted by Crippen LogP contribution is 2.19. The molecule has 3 rings (SSSR count). The molecule has 23 heavy (non-hydrogen) atoms. The maximum Gasteiger partial charge on any atom is 0.187 e. The molecule has 2 nitrogen and oxygen atoms in total.